The van der Waals surface area contributed by atoms with E-state index in [4.69, 9.17) is 25.8 Å². The fraction of sp³-hybridized carbons (Fsp3) is 0.154. The molecule has 1 aliphatic heterocycles. The predicted molar refractivity (Wildman–Crippen MR) is 130 cm³/mol. The number of hydrogen-bond acceptors (Lipinski definition) is 7. The number of anilines is 1. The van der Waals surface area contributed by atoms with Crippen molar-refractivity contribution in [2.75, 3.05) is 26.2 Å². The number of rotatable bonds is 6. The van der Waals surface area contributed by atoms with Crippen LogP contribution in [0.25, 0.3) is 5.76 Å². The summed E-state index contributed by atoms with van der Waals surface area (Å²) in [6.45, 7) is 0. The molecule has 0 radical (unpaired) electrons. The van der Waals surface area contributed by atoms with Gasteiger partial charge in [0.05, 0.1) is 38.5 Å². The van der Waals surface area contributed by atoms with Crippen molar-refractivity contribution >= 4 is 34.7 Å². The molecule has 35 heavy (non-hydrogen) atoms. The Morgan fingerprint density at radius 3 is 2.26 bits per heavy atom. The van der Waals surface area contributed by atoms with Gasteiger partial charge in [-0.15, -0.1) is 0 Å². The zero-order valence-electron chi connectivity index (χ0n) is 19.1. The normalized spacial score (nSPS) is 16.9. The number of ether oxygens (including phenoxy) is 3. The van der Waals surface area contributed by atoms with Crippen LogP contribution in [0.2, 0.25) is 5.02 Å². The Bertz CT molecular complexity index is 1350. The minimum atomic E-state index is -1.08. The lowest BCUT2D eigenvalue weighted by molar-refractivity contribution is -0.132. The molecular formula is C26H22ClNO7. The molecule has 1 aliphatic rings. The van der Waals surface area contributed by atoms with E-state index in [-0.39, 0.29) is 28.4 Å². The first kappa shape index (κ1) is 24.0. The Hall–Kier alpha value is -4.17. The summed E-state index contributed by atoms with van der Waals surface area (Å²) in [5.41, 5.74) is 0.687. The lowest BCUT2D eigenvalue weighted by atomic mass is 9.94. The molecule has 4 rings (SSSR count). The topological polar surface area (TPSA) is 106 Å². The quantitative estimate of drug-likeness (QED) is 0.290. The van der Waals surface area contributed by atoms with Crippen LogP contribution >= 0.6 is 11.6 Å². The Morgan fingerprint density at radius 2 is 1.63 bits per heavy atom. The van der Waals surface area contributed by atoms with Crippen LogP contribution in [0.1, 0.15) is 17.2 Å². The van der Waals surface area contributed by atoms with E-state index < -0.39 is 23.5 Å². The number of phenols is 1. The summed E-state index contributed by atoms with van der Waals surface area (Å²) < 4.78 is 15.8. The maximum Gasteiger partial charge on any atom is 0.300 e. The number of nitrogens with zero attached hydrogens (tertiary/aromatic N) is 1. The first-order valence-corrected chi connectivity index (χ1v) is 10.8. The number of aliphatic hydroxyl groups excluding tert-OH is 1. The molecule has 1 saturated heterocycles. The Morgan fingerprint density at radius 1 is 0.914 bits per heavy atom. The Kier molecular flexibility index (Phi) is 6.57. The monoisotopic (exact) mass is 495 g/mol. The molecule has 0 bridgehead atoms. The second-order valence-corrected chi connectivity index (χ2v) is 8.08. The number of Topliss-reactive ketones (excluding diaryl/α,β-unsaturated/α-hetero) is 1. The summed E-state index contributed by atoms with van der Waals surface area (Å²) in [7, 11) is 4.29. The summed E-state index contributed by atoms with van der Waals surface area (Å²) in [5.74, 6) is -1.53. The molecule has 3 aromatic carbocycles. The first-order chi connectivity index (χ1) is 16.8. The molecule has 1 atom stereocenters. The number of aromatic hydroxyl groups is 1. The van der Waals surface area contributed by atoms with Crippen LogP contribution in [0.3, 0.4) is 0 Å². The minimum Gasteiger partial charge on any atom is -0.507 e. The first-order valence-electron chi connectivity index (χ1n) is 10.5. The number of carbonyl (C=O) groups is 2. The Balaban J connectivity index is 2.00. The van der Waals surface area contributed by atoms with E-state index in [0.717, 1.165) is 0 Å². The summed E-state index contributed by atoms with van der Waals surface area (Å²) >= 11 is 6.16. The highest BCUT2D eigenvalue weighted by Crippen LogP contribution is 2.45. The number of amides is 1. The lowest BCUT2D eigenvalue weighted by Crippen LogP contribution is -2.29. The molecular weight excluding hydrogens is 474 g/mol. The molecule has 0 aromatic heterocycles. The van der Waals surface area contributed by atoms with Crippen LogP contribution in [-0.2, 0) is 9.59 Å². The number of phenolic OH excluding ortho intramolecular Hbond substituents is 1. The summed E-state index contributed by atoms with van der Waals surface area (Å²) in [6.07, 6.45) is 0. The van der Waals surface area contributed by atoms with E-state index in [1.54, 1.807) is 36.4 Å². The van der Waals surface area contributed by atoms with E-state index in [1.807, 2.05) is 0 Å². The second kappa shape index (κ2) is 9.60. The number of halogens is 1. The SMILES string of the molecule is COc1ccc(OC)c(/C(O)=C2\C(=O)C(=O)N(c3cccc(Cl)c3)C2c2ccc(OC)c(O)c2)c1. The summed E-state index contributed by atoms with van der Waals surface area (Å²) in [5, 5.41) is 22.2. The number of benzene rings is 3. The van der Waals surface area contributed by atoms with Gasteiger partial charge in [0.25, 0.3) is 11.7 Å². The average Bonchev–Trinajstić information content (AvgIpc) is 3.13. The number of carbonyl (C=O) groups excluding carboxylic acids is 2. The largest absolute Gasteiger partial charge is 0.507 e. The van der Waals surface area contributed by atoms with Crippen LogP contribution in [0.5, 0.6) is 23.0 Å². The molecule has 9 heteroatoms. The van der Waals surface area contributed by atoms with Gasteiger partial charge in [0.1, 0.15) is 17.3 Å². The molecule has 8 nitrogen and oxygen atoms in total. The molecule has 3 aromatic rings. The van der Waals surface area contributed by atoms with E-state index in [9.17, 15) is 19.8 Å². The number of aliphatic hydroxyl groups is 1. The van der Waals surface area contributed by atoms with Gasteiger partial charge in [-0.05, 0) is 54.1 Å². The molecule has 1 amide bonds. The van der Waals surface area contributed by atoms with Gasteiger partial charge >= 0.3 is 0 Å². The zero-order valence-corrected chi connectivity index (χ0v) is 19.9. The molecule has 0 saturated carbocycles. The van der Waals surface area contributed by atoms with Crippen LogP contribution in [0, 0.1) is 0 Å². The highest BCUT2D eigenvalue weighted by Gasteiger charge is 2.47. The van der Waals surface area contributed by atoms with Gasteiger partial charge in [0.2, 0.25) is 0 Å². The van der Waals surface area contributed by atoms with E-state index in [2.05, 4.69) is 0 Å². The van der Waals surface area contributed by atoms with Gasteiger partial charge < -0.3 is 24.4 Å². The molecule has 0 spiro atoms. The van der Waals surface area contributed by atoms with Crippen molar-refractivity contribution in [3.8, 4) is 23.0 Å². The number of methoxy groups -OCH3 is 3. The third-order valence-corrected chi connectivity index (χ3v) is 5.95. The van der Waals surface area contributed by atoms with E-state index >= 15 is 0 Å². The van der Waals surface area contributed by atoms with Crippen LogP contribution in [-0.4, -0.2) is 43.2 Å². The van der Waals surface area contributed by atoms with Gasteiger partial charge in [-0.25, -0.2) is 0 Å². The fourth-order valence-corrected chi connectivity index (χ4v) is 4.25. The van der Waals surface area contributed by atoms with E-state index in [0.29, 0.717) is 22.0 Å². The predicted octanol–water partition coefficient (Wildman–Crippen LogP) is 4.70. The maximum absolute atomic E-state index is 13.3. The van der Waals surface area contributed by atoms with Crippen LogP contribution in [0.15, 0.2) is 66.2 Å². The second-order valence-electron chi connectivity index (χ2n) is 7.65. The molecule has 0 aliphatic carbocycles. The minimum absolute atomic E-state index is 0.165. The summed E-state index contributed by atoms with van der Waals surface area (Å²) in [4.78, 5) is 27.8. The molecule has 1 unspecified atom stereocenters. The van der Waals surface area contributed by atoms with Crippen molar-refractivity contribution < 1.29 is 34.0 Å². The highest BCUT2D eigenvalue weighted by atomic mass is 35.5. The number of hydrogen-bond donors (Lipinski definition) is 2. The van der Waals surface area contributed by atoms with Crippen LogP contribution in [0.4, 0.5) is 5.69 Å². The van der Waals surface area contributed by atoms with Crippen molar-refractivity contribution in [1.82, 2.24) is 0 Å². The molecule has 2 N–H and O–H groups in total. The highest BCUT2D eigenvalue weighted by molar-refractivity contribution is 6.51. The Labute approximate surface area is 206 Å². The van der Waals surface area contributed by atoms with Crippen molar-refractivity contribution in [3.63, 3.8) is 0 Å². The fourth-order valence-electron chi connectivity index (χ4n) is 4.06. The van der Waals surface area contributed by atoms with Crippen molar-refractivity contribution in [2.45, 2.75) is 6.04 Å². The van der Waals surface area contributed by atoms with Crippen molar-refractivity contribution in [2.24, 2.45) is 0 Å². The zero-order chi connectivity index (χ0) is 25.3. The van der Waals surface area contributed by atoms with Crippen molar-refractivity contribution in [3.05, 3.63) is 82.4 Å². The maximum atomic E-state index is 13.3. The summed E-state index contributed by atoms with van der Waals surface area (Å²) in [6, 6.07) is 14.6. The van der Waals surface area contributed by atoms with Gasteiger partial charge in [-0.3, -0.25) is 14.5 Å². The smallest absolute Gasteiger partial charge is 0.300 e. The standard InChI is InChI=1S/C26H22ClNO7/c1-33-17-8-10-20(34-2)18(13-17)24(30)22-23(14-7-9-21(35-3)19(29)11-14)28(26(32)25(22)31)16-6-4-5-15(27)12-16/h4-13,23,29-30H,1-3H3/b24-22+. The molecule has 180 valence electrons. The van der Waals surface area contributed by atoms with Gasteiger partial charge in [0.15, 0.2) is 11.5 Å². The molecule has 1 fully saturated rings. The third kappa shape index (κ3) is 4.24. The van der Waals surface area contributed by atoms with Crippen LogP contribution < -0.4 is 19.1 Å². The van der Waals surface area contributed by atoms with Crippen molar-refractivity contribution in [1.29, 1.82) is 0 Å². The van der Waals surface area contributed by atoms with Gasteiger partial charge in [-0.2, -0.15) is 0 Å². The van der Waals surface area contributed by atoms with Gasteiger partial charge in [0, 0.05) is 10.7 Å². The van der Waals surface area contributed by atoms with Gasteiger partial charge in [-0.1, -0.05) is 23.7 Å². The third-order valence-electron chi connectivity index (χ3n) is 5.71. The molecule has 1 heterocycles. The lowest BCUT2D eigenvalue weighted by Gasteiger charge is -2.26. The average molecular weight is 496 g/mol. The number of ketones is 1. The van der Waals surface area contributed by atoms with E-state index in [1.165, 1.54) is 50.5 Å².